The van der Waals surface area contributed by atoms with Crippen LogP contribution >= 0.6 is 0 Å². The lowest BCUT2D eigenvalue weighted by Gasteiger charge is -2.15. The molecular formula is C25H22N4O3. The van der Waals surface area contributed by atoms with Crippen LogP contribution in [0.4, 0.5) is 0 Å². The van der Waals surface area contributed by atoms with Gasteiger partial charge in [0.15, 0.2) is 6.10 Å². The number of carbonyl (C=O) groups excluding carboxylic acids is 2. The van der Waals surface area contributed by atoms with Crippen LogP contribution in [0, 0.1) is 0 Å². The molecule has 4 aromatic rings. The molecule has 0 fully saturated rings. The Morgan fingerprint density at radius 1 is 0.844 bits per heavy atom. The summed E-state index contributed by atoms with van der Waals surface area (Å²) >= 11 is 0. The average Bonchev–Trinajstić information content (AvgIpc) is 3.30. The Morgan fingerprint density at radius 3 is 2.09 bits per heavy atom. The maximum absolute atomic E-state index is 12.9. The fraction of sp³-hybridized carbons (Fsp3) is 0.0800. The van der Waals surface area contributed by atoms with Crippen molar-refractivity contribution in [3.8, 4) is 22.7 Å². The zero-order valence-electron chi connectivity index (χ0n) is 17.4. The van der Waals surface area contributed by atoms with Gasteiger partial charge < -0.3 is 4.74 Å². The highest BCUT2D eigenvalue weighted by molar-refractivity contribution is 6.00. The monoisotopic (exact) mass is 426 g/mol. The number of rotatable bonds is 6. The Morgan fingerprint density at radius 2 is 1.44 bits per heavy atom. The molecule has 7 nitrogen and oxygen atoms in total. The van der Waals surface area contributed by atoms with E-state index in [1.165, 1.54) is 0 Å². The first-order valence-electron chi connectivity index (χ1n) is 10.1. The molecular weight excluding hydrogens is 404 g/mol. The molecule has 1 aromatic heterocycles. The first kappa shape index (κ1) is 20.9. The Bertz CT molecular complexity index is 1190. The van der Waals surface area contributed by atoms with Crippen LogP contribution in [0.15, 0.2) is 97.2 Å². The molecule has 7 heteroatoms. The van der Waals surface area contributed by atoms with Crippen LogP contribution in [0.1, 0.15) is 17.3 Å². The molecule has 0 bridgehead atoms. The minimum absolute atomic E-state index is 0.331. The van der Waals surface area contributed by atoms with Crippen LogP contribution in [0.25, 0.3) is 16.9 Å². The number of nitrogens with one attached hydrogen (secondary N) is 2. The van der Waals surface area contributed by atoms with Crippen molar-refractivity contribution in [2.24, 2.45) is 0 Å². The van der Waals surface area contributed by atoms with Gasteiger partial charge in [0.2, 0.25) is 0 Å². The fourth-order valence-electron chi connectivity index (χ4n) is 3.11. The van der Waals surface area contributed by atoms with Gasteiger partial charge in [-0.2, -0.15) is 5.10 Å². The second-order valence-corrected chi connectivity index (χ2v) is 7.05. The van der Waals surface area contributed by atoms with Gasteiger partial charge in [0, 0.05) is 11.8 Å². The van der Waals surface area contributed by atoms with Crippen molar-refractivity contribution in [1.29, 1.82) is 0 Å². The van der Waals surface area contributed by atoms with E-state index in [1.807, 2.05) is 78.9 Å². The van der Waals surface area contributed by atoms with Crippen molar-refractivity contribution in [1.82, 2.24) is 20.6 Å². The predicted octanol–water partition coefficient (Wildman–Crippen LogP) is 3.77. The number of benzene rings is 3. The van der Waals surface area contributed by atoms with Gasteiger partial charge in [-0.05, 0) is 31.2 Å². The molecule has 0 radical (unpaired) electrons. The minimum Gasteiger partial charge on any atom is -0.481 e. The SMILES string of the molecule is CC(Oc1ccccc1)C(=O)NNC(=O)c1cn(-c2ccccc2)nc1-c1ccccc1. The maximum atomic E-state index is 12.9. The molecule has 160 valence electrons. The van der Waals surface area contributed by atoms with E-state index in [9.17, 15) is 9.59 Å². The van der Waals surface area contributed by atoms with Crippen LogP contribution in [0.5, 0.6) is 5.75 Å². The first-order chi connectivity index (χ1) is 15.6. The molecule has 1 atom stereocenters. The van der Waals surface area contributed by atoms with E-state index in [-0.39, 0.29) is 0 Å². The molecule has 0 saturated carbocycles. The Hall–Kier alpha value is -4.39. The van der Waals surface area contributed by atoms with Crippen molar-refractivity contribution in [2.75, 3.05) is 0 Å². The molecule has 1 heterocycles. The summed E-state index contributed by atoms with van der Waals surface area (Å²) in [5, 5.41) is 4.61. The summed E-state index contributed by atoms with van der Waals surface area (Å²) < 4.78 is 7.23. The van der Waals surface area contributed by atoms with E-state index in [1.54, 1.807) is 29.9 Å². The smallest absolute Gasteiger partial charge is 0.279 e. The summed E-state index contributed by atoms with van der Waals surface area (Å²) in [7, 11) is 0. The van der Waals surface area contributed by atoms with E-state index < -0.39 is 17.9 Å². The third-order valence-corrected chi connectivity index (χ3v) is 4.75. The number of aromatic nitrogens is 2. The largest absolute Gasteiger partial charge is 0.481 e. The lowest BCUT2D eigenvalue weighted by Crippen LogP contribution is -2.47. The number of hydrogen-bond acceptors (Lipinski definition) is 4. The molecule has 3 aromatic carbocycles. The van der Waals surface area contributed by atoms with Crippen molar-refractivity contribution >= 4 is 11.8 Å². The zero-order chi connectivity index (χ0) is 22.3. The van der Waals surface area contributed by atoms with Gasteiger partial charge in [0.25, 0.3) is 11.8 Å². The molecule has 0 spiro atoms. The number of carbonyl (C=O) groups is 2. The van der Waals surface area contributed by atoms with Crippen LogP contribution < -0.4 is 15.6 Å². The van der Waals surface area contributed by atoms with Gasteiger partial charge in [-0.3, -0.25) is 20.4 Å². The predicted molar refractivity (Wildman–Crippen MR) is 121 cm³/mol. The summed E-state index contributed by atoms with van der Waals surface area (Å²) in [5.74, 6) is -0.387. The number of nitrogens with zero attached hydrogens (tertiary/aromatic N) is 2. The average molecular weight is 426 g/mol. The van der Waals surface area contributed by atoms with Crippen LogP contribution in [-0.4, -0.2) is 27.7 Å². The van der Waals surface area contributed by atoms with Gasteiger partial charge in [0.1, 0.15) is 11.4 Å². The summed E-state index contributed by atoms with van der Waals surface area (Å²) in [6, 6.07) is 27.9. The van der Waals surface area contributed by atoms with Crippen molar-refractivity contribution < 1.29 is 14.3 Å². The Kier molecular flexibility index (Phi) is 6.27. The quantitative estimate of drug-likeness (QED) is 0.460. The summed E-state index contributed by atoms with van der Waals surface area (Å²) in [4.78, 5) is 25.3. The van der Waals surface area contributed by atoms with E-state index >= 15 is 0 Å². The van der Waals surface area contributed by atoms with Crippen molar-refractivity contribution in [2.45, 2.75) is 13.0 Å². The normalized spacial score (nSPS) is 11.4. The van der Waals surface area contributed by atoms with Crippen LogP contribution in [0.3, 0.4) is 0 Å². The standard InChI is InChI=1S/C25H22N4O3/c1-18(32-21-15-9-4-10-16-21)24(30)26-27-25(31)22-17-29(20-13-7-3-8-14-20)28-23(22)19-11-5-2-6-12-19/h2-18H,1H3,(H,26,30)(H,27,31). The van der Waals surface area contributed by atoms with Gasteiger partial charge in [-0.25, -0.2) is 4.68 Å². The van der Waals surface area contributed by atoms with Crippen LogP contribution in [-0.2, 0) is 4.79 Å². The number of para-hydroxylation sites is 2. The summed E-state index contributed by atoms with van der Waals surface area (Å²) in [5.41, 5.74) is 7.34. The minimum atomic E-state index is -0.793. The second-order valence-electron chi connectivity index (χ2n) is 7.05. The van der Waals surface area contributed by atoms with E-state index in [0.717, 1.165) is 11.3 Å². The van der Waals surface area contributed by atoms with Crippen molar-refractivity contribution in [3.63, 3.8) is 0 Å². The first-order valence-corrected chi connectivity index (χ1v) is 10.1. The highest BCUT2D eigenvalue weighted by atomic mass is 16.5. The molecule has 2 N–H and O–H groups in total. The molecule has 2 amide bonds. The highest BCUT2D eigenvalue weighted by Crippen LogP contribution is 2.23. The summed E-state index contributed by atoms with van der Waals surface area (Å²) in [6.07, 6.45) is 0.849. The van der Waals surface area contributed by atoms with E-state index in [2.05, 4.69) is 16.0 Å². The van der Waals surface area contributed by atoms with Gasteiger partial charge in [-0.15, -0.1) is 0 Å². The molecule has 4 rings (SSSR count). The highest BCUT2D eigenvalue weighted by Gasteiger charge is 2.21. The Balaban J connectivity index is 1.51. The molecule has 0 aliphatic carbocycles. The maximum Gasteiger partial charge on any atom is 0.279 e. The zero-order valence-corrected chi connectivity index (χ0v) is 17.4. The third kappa shape index (κ3) is 4.84. The lowest BCUT2D eigenvalue weighted by molar-refractivity contribution is -0.128. The van der Waals surface area contributed by atoms with Crippen molar-refractivity contribution in [3.05, 3.63) is 103 Å². The topological polar surface area (TPSA) is 85.3 Å². The molecule has 1 unspecified atom stereocenters. The van der Waals surface area contributed by atoms with Crippen LogP contribution in [0.2, 0.25) is 0 Å². The van der Waals surface area contributed by atoms with Gasteiger partial charge in [-0.1, -0.05) is 66.7 Å². The van der Waals surface area contributed by atoms with Gasteiger partial charge in [0.05, 0.1) is 11.3 Å². The molecule has 0 aliphatic rings. The third-order valence-electron chi connectivity index (χ3n) is 4.75. The number of hydrazine groups is 1. The molecule has 32 heavy (non-hydrogen) atoms. The second kappa shape index (κ2) is 9.61. The molecule has 0 saturated heterocycles. The van der Waals surface area contributed by atoms with E-state index in [4.69, 9.17) is 4.74 Å². The molecule has 0 aliphatic heterocycles. The lowest BCUT2D eigenvalue weighted by atomic mass is 10.1. The summed E-state index contributed by atoms with van der Waals surface area (Å²) in [6.45, 7) is 1.61. The number of amides is 2. The fourth-order valence-corrected chi connectivity index (χ4v) is 3.11. The Labute approximate surface area is 185 Å². The number of hydrogen-bond donors (Lipinski definition) is 2. The van der Waals surface area contributed by atoms with E-state index in [0.29, 0.717) is 17.0 Å². The van der Waals surface area contributed by atoms with Gasteiger partial charge >= 0.3 is 0 Å². The number of ether oxygens (including phenoxy) is 1.